The van der Waals surface area contributed by atoms with Crippen molar-refractivity contribution in [3.8, 4) is 11.1 Å². The van der Waals surface area contributed by atoms with E-state index in [1.807, 2.05) is 23.6 Å². The fourth-order valence-electron chi connectivity index (χ4n) is 4.62. The van der Waals surface area contributed by atoms with E-state index in [2.05, 4.69) is 56.9 Å². The lowest BCUT2D eigenvalue weighted by atomic mass is 9.96. The quantitative estimate of drug-likeness (QED) is 0.608. The summed E-state index contributed by atoms with van der Waals surface area (Å²) in [5.74, 6) is 1.31. The minimum atomic E-state index is 0.0878. The molecule has 1 aliphatic rings. The maximum absolute atomic E-state index is 13.5. The molecule has 1 aromatic heterocycles. The van der Waals surface area contributed by atoms with Gasteiger partial charge in [0.25, 0.3) is 5.56 Å². The molecule has 0 bridgehead atoms. The Kier molecular flexibility index (Phi) is 5.79. The van der Waals surface area contributed by atoms with Gasteiger partial charge in [-0.1, -0.05) is 24.3 Å². The van der Waals surface area contributed by atoms with Crippen molar-refractivity contribution in [3.05, 3.63) is 63.7 Å². The second kappa shape index (κ2) is 8.35. The molecule has 0 unspecified atom stereocenters. The van der Waals surface area contributed by atoms with E-state index in [9.17, 15) is 4.79 Å². The van der Waals surface area contributed by atoms with Crippen molar-refractivity contribution >= 4 is 10.9 Å². The molecule has 1 aliphatic heterocycles. The summed E-state index contributed by atoms with van der Waals surface area (Å²) in [5, 5.41) is 0.716. The van der Waals surface area contributed by atoms with Gasteiger partial charge in [0.15, 0.2) is 0 Å². The Morgan fingerprint density at radius 3 is 2.50 bits per heavy atom. The first-order valence-electron chi connectivity index (χ1n) is 11.2. The molecule has 2 heterocycles. The second-order valence-electron chi connectivity index (χ2n) is 9.20. The van der Waals surface area contributed by atoms with Crippen LogP contribution >= 0.6 is 0 Å². The van der Waals surface area contributed by atoms with Gasteiger partial charge in [-0.25, -0.2) is 4.98 Å². The fraction of sp³-hybridized carbons (Fsp3) is 0.462. The number of rotatable bonds is 4. The number of likely N-dealkylation sites (tertiary alicyclic amines) is 1. The van der Waals surface area contributed by atoms with Crippen molar-refractivity contribution in [2.24, 2.45) is 5.92 Å². The van der Waals surface area contributed by atoms with Crippen molar-refractivity contribution in [2.75, 3.05) is 13.1 Å². The smallest absolute Gasteiger partial charge is 0.261 e. The first kappa shape index (κ1) is 20.8. The van der Waals surface area contributed by atoms with Crippen LogP contribution in [-0.4, -0.2) is 33.6 Å². The Morgan fingerprint density at radius 1 is 1.03 bits per heavy atom. The summed E-state index contributed by atoms with van der Waals surface area (Å²) in [6.45, 7) is 13.7. The Bertz CT molecular complexity index is 1130. The molecule has 0 saturated carbocycles. The zero-order valence-corrected chi connectivity index (χ0v) is 18.9. The van der Waals surface area contributed by atoms with E-state index in [1.165, 1.54) is 24.0 Å². The summed E-state index contributed by atoms with van der Waals surface area (Å²) < 4.78 is 1.90. The van der Waals surface area contributed by atoms with Crippen LogP contribution in [0.5, 0.6) is 0 Å². The molecule has 1 atom stereocenters. The largest absolute Gasteiger partial charge is 0.301 e. The van der Waals surface area contributed by atoms with Crippen molar-refractivity contribution < 1.29 is 0 Å². The summed E-state index contributed by atoms with van der Waals surface area (Å²) in [4.78, 5) is 20.8. The predicted octanol–water partition coefficient (Wildman–Crippen LogP) is 5.11. The van der Waals surface area contributed by atoms with E-state index in [0.717, 1.165) is 42.1 Å². The standard InChI is InChI=1S/C26H33N3O/c1-17(2)28-12-6-7-21(15-28)16-29-20(5)27-25-11-10-23(14-24(25)26(29)30)22-9-8-18(3)19(4)13-22/h8-11,13-14,17,21H,6-7,12,15-16H2,1-5H3/t21-/m0/s1. The third-order valence-electron chi connectivity index (χ3n) is 6.71. The van der Waals surface area contributed by atoms with Gasteiger partial charge in [0, 0.05) is 19.1 Å². The molecule has 2 aromatic carbocycles. The fourth-order valence-corrected chi connectivity index (χ4v) is 4.62. The molecule has 0 aliphatic carbocycles. The minimum absolute atomic E-state index is 0.0878. The summed E-state index contributed by atoms with van der Waals surface area (Å²) >= 11 is 0. The Hall–Kier alpha value is -2.46. The van der Waals surface area contributed by atoms with Crippen LogP contribution in [0.15, 0.2) is 41.2 Å². The maximum Gasteiger partial charge on any atom is 0.261 e. The van der Waals surface area contributed by atoms with Crippen LogP contribution in [0.4, 0.5) is 0 Å². The third kappa shape index (κ3) is 4.06. The number of nitrogens with zero attached hydrogens (tertiary/aromatic N) is 3. The van der Waals surface area contributed by atoms with E-state index in [-0.39, 0.29) is 5.56 Å². The van der Waals surface area contributed by atoms with Crippen LogP contribution in [0.1, 0.15) is 43.6 Å². The van der Waals surface area contributed by atoms with Gasteiger partial charge in [0.2, 0.25) is 0 Å². The first-order valence-corrected chi connectivity index (χ1v) is 11.2. The van der Waals surface area contributed by atoms with Crippen molar-refractivity contribution in [3.63, 3.8) is 0 Å². The highest BCUT2D eigenvalue weighted by atomic mass is 16.1. The molecule has 4 nitrogen and oxygen atoms in total. The van der Waals surface area contributed by atoms with Gasteiger partial charge in [0.1, 0.15) is 5.82 Å². The van der Waals surface area contributed by atoms with Gasteiger partial charge >= 0.3 is 0 Å². The van der Waals surface area contributed by atoms with Crippen LogP contribution in [0, 0.1) is 26.7 Å². The molecule has 1 fully saturated rings. The third-order valence-corrected chi connectivity index (χ3v) is 6.71. The van der Waals surface area contributed by atoms with Crippen LogP contribution < -0.4 is 5.56 Å². The van der Waals surface area contributed by atoms with Gasteiger partial charge in [-0.15, -0.1) is 0 Å². The van der Waals surface area contributed by atoms with Gasteiger partial charge < -0.3 is 4.90 Å². The molecular weight excluding hydrogens is 370 g/mol. The number of fused-ring (bicyclic) bond motifs is 1. The topological polar surface area (TPSA) is 38.1 Å². The molecule has 0 spiro atoms. The normalized spacial score (nSPS) is 17.7. The highest BCUT2D eigenvalue weighted by Gasteiger charge is 2.23. The maximum atomic E-state index is 13.5. The average molecular weight is 404 g/mol. The zero-order chi connectivity index (χ0) is 21.4. The number of hydrogen-bond donors (Lipinski definition) is 0. The zero-order valence-electron chi connectivity index (χ0n) is 18.9. The van der Waals surface area contributed by atoms with Crippen LogP contribution in [0.25, 0.3) is 22.0 Å². The monoisotopic (exact) mass is 403 g/mol. The van der Waals surface area contributed by atoms with Crippen LogP contribution in [-0.2, 0) is 6.54 Å². The number of hydrogen-bond acceptors (Lipinski definition) is 3. The van der Waals surface area contributed by atoms with Crippen LogP contribution in [0.3, 0.4) is 0 Å². The highest BCUT2D eigenvalue weighted by molar-refractivity contribution is 5.84. The molecular formula is C26H33N3O. The summed E-state index contributed by atoms with van der Waals surface area (Å²) in [5.41, 5.74) is 5.63. The summed E-state index contributed by atoms with van der Waals surface area (Å²) in [7, 11) is 0. The first-order chi connectivity index (χ1) is 14.3. The van der Waals surface area contributed by atoms with E-state index < -0.39 is 0 Å². The van der Waals surface area contributed by atoms with Crippen molar-refractivity contribution in [2.45, 2.75) is 60.0 Å². The van der Waals surface area contributed by atoms with Crippen LogP contribution in [0.2, 0.25) is 0 Å². The van der Waals surface area contributed by atoms with Gasteiger partial charge in [-0.3, -0.25) is 9.36 Å². The number of piperidine rings is 1. The van der Waals surface area contributed by atoms with E-state index in [1.54, 1.807) is 0 Å². The molecule has 0 radical (unpaired) electrons. The molecule has 0 amide bonds. The highest BCUT2D eigenvalue weighted by Crippen LogP contribution is 2.25. The van der Waals surface area contributed by atoms with Crippen molar-refractivity contribution in [1.82, 2.24) is 14.5 Å². The minimum Gasteiger partial charge on any atom is -0.301 e. The lowest BCUT2D eigenvalue weighted by Crippen LogP contribution is -2.42. The number of aromatic nitrogens is 2. The molecule has 4 rings (SSSR count). The molecule has 30 heavy (non-hydrogen) atoms. The molecule has 4 heteroatoms. The molecule has 158 valence electrons. The van der Waals surface area contributed by atoms with Gasteiger partial charge in [0.05, 0.1) is 10.9 Å². The molecule has 1 saturated heterocycles. The SMILES string of the molecule is Cc1ccc(-c2ccc3nc(C)n(C[C@H]4CCCN(C(C)C)C4)c(=O)c3c2)cc1C. The number of benzene rings is 2. The van der Waals surface area contributed by atoms with E-state index in [0.29, 0.717) is 17.3 Å². The Labute approximate surface area is 179 Å². The van der Waals surface area contributed by atoms with Gasteiger partial charge in [-0.2, -0.15) is 0 Å². The van der Waals surface area contributed by atoms with Crippen molar-refractivity contribution in [1.29, 1.82) is 0 Å². The summed E-state index contributed by atoms with van der Waals surface area (Å²) in [6, 6.07) is 13.1. The lowest BCUT2D eigenvalue weighted by Gasteiger charge is -2.35. The average Bonchev–Trinajstić information content (AvgIpc) is 2.73. The molecule has 3 aromatic rings. The lowest BCUT2D eigenvalue weighted by molar-refractivity contribution is 0.129. The Morgan fingerprint density at radius 2 is 1.77 bits per heavy atom. The summed E-state index contributed by atoms with van der Waals surface area (Å²) in [6.07, 6.45) is 2.38. The predicted molar refractivity (Wildman–Crippen MR) is 125 cm³/mol. The molecule has 0 N–H and O–H groups in total. The van der Waals surface area contributed by atoms with Gasteiger partial charge in [-0.05, 0) is 94.3 Å². The van der Waals surface area contributed by atoms with E-state index in [4.69, 9.17) is 4.98 Å². The number of aryl methyl sites for hydroxylation is 3. The van der Waals surface area contributed by atoms with E-state index >= 15 is 0 Å². The second-order valence-corrected chi connectivity index (χ2v) is 9.20. The Balaban J connectivity index is 1.70.